The molecule has 1 N–H and O–H groups in total. The lowest BCUT2D eigenvalue weighted by atomic mass is 9.87. The Hall–Kier alpha value is -0.0500. The van der Waals surface area contributed by atoms with Crippen molar-refractivity contribution >= 4 is 21.8 Å². The summed E-state index contributed by atoms with van der Waals surface area (Å²) in [6, 6.07) is 0.447. The Morgan fingerprint density at radius 1 is 1.38 bits per heavy atom. The third-order valence-corrected chi connectivity index (χ3v) is 3.67. The molecule has 0 aromatic carbocycles. The highest BCUT2D eigenvalue weighted by molar-refractivity contribution is 9.09. The number of halogens is 1. The molecular formula is C10H18BrNO. The van der Waals surface area contributed by atoms with E-state index in [0.717, 1.165) is 24.1 Å². The van der Waals surface area contributed by atoms with E-state index in [-0.39, 0.29) is 5.91 Å². The molecule has 0 radical (unpaired) electrons. The van der Waals surface area contributed by atoms with Gasteiger partial charge in [0.2, 0.25) is 5.91 Å². The molecule has 1 saturated carbocycles. The summed E-state index contributed by atoms with van der Waals surface area (Å²) in [4.78, 5) is 11.1. The van der Waals surface area contributed by atoms with Crippen molar-refractivity contribution in [1.82, 2.24) is 5.32 Å². The summed E-state index contributed by atoms with van der Waals surface area (Å²) in [6.45, 7) is 1.90. The minimum atomic E-state index is 0.197. The van der Waals surface area contributed by atoms with E-state index in [0.29, 0.717) is 12.5 Å². The maximum absolute atomic E-state index is 11.1. The average Bonchev–Trinajstić information content (AvgIpc) is 2.19. The lowest BCUT2D eigenvalue weighted by Gasteiger charge is -2.27. The van der Waals surface area contributed by atoms with Crippen LogP contribution < -0.4 is 5.32 Å². The molecule has 1 aliphatic rings. The molecule has 1 aliphatic carbocycles. The van der Waals surface area contributed by atoms with Gasteiger partial charge in [-0.05, 0) is 31.6 Å². The summed E-state index contributed by atoms with van der Waals surface area (Å²) in [5.41, 5.74) is 0. The van der Waals surface area contributed by atoms with Crippen LogP contribution in [-0.4, -0.2) is 17.3 Å². The van der Waals surface area contributed by atoms with Gasteiger partial charge in [-0.15, -0.1) is 0 Å². The van der Waals surface area contributed by atoms with Crippen LogP contribution in [0.5, 0.6) is 0 Å². The third-order valence-electron chi connectivity index (χ3n) is 2.75. The number of amides is 1. The number of hydrogen-bond donors (Lipinski definition) is 1. The van der Waals surface area contributed by atoms with Gasteiger partial charge in [-0.2, -0.15) is 0 Å². The normalized spacial score (nSPS) is 28.5. The quantitative estimate of drug-likeness (QED) is 0.764. The fourth-order valence-corrected chi connectivity index (χ4v) is 2.44. The summed E-state index contributed by atoms with van der Waals surface area (Å²) in [7, 11) is 0. The Kier molecular flexibility index (Phi) is 4.78. The van der Waals surface area contributed by atoms with Crippen molar-refractivity contribution in [3.63, 3.8) is 0 Å². The zero-order chi connectivity index (χ0) is 9.68. The molecule has 0 heterocycles. The minimum Gasteiger partial charge on any atom is -0.353 e. The second-order valence-electron chi connectivity index (χ2n) is 3.79. The van der Waals surface area contributed by atoms with E-state index in [2.05, 4.69) is 21.2 Å². The van der Waals surface area contributed by atoms with E-state index in [1.807, 2.05) is 6.92 Å². The van der Waals surface area contributed by atoms with Crippen LogP contribution in [0.25, 0.3) is 0 Å². The monoisotopic (exact) mass is 247 g/mol. The number of hydrogen-bond acceptors (Lipinski definition) is 1. The van der Waals surface area contributed by atoms with Gasteiger partial charge in [-0.25, -0.2) is 0 Å². The van der Waals surface area contributed by atoms with Crippen LogP contribution >= 0.6 is 15.9 Å². The van der Waals surface area contributed by atoms with Gasteiger partial charge in [-0.1, -0.05) is 22.9 Å². The van der Waals surface area contributed by atoms with Crippen LogP contribution in [0.4, 0.5) is 0 Å². The summed E-state index contributed by atoms with van der Waals surface area (Å²) in [5.74, 6) is 1.03. The fraction of sp³-hybridized carbons (Fsp3) is 0.900. The van der Waals surface area contributed by atoms with E-state index >= 15 is 0 Å². The van der Waals surface area contributed by atoms with Crippen molar-refractivity contribution in [2.24, 2.45) is 5.92 Å². The predicted octanol–water partition coefficient (Wildman–Crippen LogP) is 2.47. The molecule has 0 aromatic rings. The number of carbonyl (C=O) groups is 1. The molecule has 13 heavy (non-hydrogen) atoms. The van der Waals surface area contributed by atoms with Gasteiger partial charge in [0.15, 0.2) is 0 Å². The first-order valence-electron chi connectivity index (χ1n) is 5.11. The van der Waals surface area contributed by atoms with Crippen LogP contribution in [0.1, 0.15) is 39.0 Å². The van der Waals surface area contributed by atoms with E-state index in [1.165, 1.54) is 12.8 Å². The van der Waals surface area contributed by atoms with Crippen molar-refractivity contribution < 1.29 is 4.79 Å². The van der Waals surface area contributed by atoms with Crippen LogP contribution in [0.15, 0.2) is 0 Å². The largest absolute Gasteiger partial charge is 0.353 e. The van der Waals surface area contributed by atoms with Crippen LogP contribution in [0, 0.1) is 5.92 Å². The molecule has 0 saturated heterocycles. The van der Waals surface area contributed by atoms with Crippen molar-refractivity contribution in [3.05, 3.63) is 0 Å². The summed E-state index contributed by atoms with van der Waals surface area (Å²) in [6.07, 6.45) is 5.42. The molecule has 2 nitrogen and oxygen atoms in total. The minimum absolute atomic E-state index is 0.197. The second-order valence-corrected chi connectivity index (χ2v) is 4.44. The predicted molar refractivity (Wildman–Crippen MR) is 58.0 cm³/mol. The Balaban J connectivity index is 2.21. The highest BCUT2D eigenvalue weighted by Crippen LogP contribution is 2.25. The average molecular weight is 248 g/mol. The highest BCUT2D eigenvalue weighted by atomic mass is 79.9. The number of alkyl halides is 1. The first kappa shape index (κ1) is 11.0. The van der Waals surface area contributed by atoms with Crippen molar-refractivity contribution in [3.8, 4) is 0 Å². The molecule has 0 aliphatic heterocycles. The Bertz CT molecular complexity index is 164. The third kappa shape index (κ3) is 3.67. The molecule has 0 aromatic heterocycles. The Morgan fingerprint density at radius 2 is 2.00 bits per heavy atom. The number of nitrogens with one attached hydrogen (secondary N) is 1. The molecule has 0 atom stereocenters. The smallest absolute Gasteiger partial charge is 0.219 e. The van der Waals surface area contributed by atoms with Crippen molar-refractivity contribution in [1.29, 1.82) is 0 Å². The molecule has 0 spiro atoms. The van der Waals surface area contributed by atoms with E-state index in [4.69, 9.17) is 0 Å². The summed E-state index contributed by atoms with van der Waals surface area (Å²) < 4.78 is 0. The molecular weight excluding hydrogens is 230 g/mol. The highest BCUT2D eigenvalue weighted by Gasteiger charge is 2.20. The first-order chi connectivity index (χ1) is 6.26. The Morgan fingerprint density at radius 3 is 2.46 bits per heavy atom. The topological polar surface area (TPSA) is 29.1 Å². The lowest BCUT2D eigenvalue weighted by Crippen LogP contribution is -2.37. The maximum atomic E-state index is 11.1. The zero-order valence-corrected chi connectivity index (χ0v) is 9.77. The van der Waals surface area contributed by atoms with Crippen LogP contribution in [0.3, 0.4) is 0 Å². The first-order valence-corrected chi connectivity index (χ1v) is 6.23. The summed E-state index contributed by atoms with van der Waals surface area (Å²) >= 11 is 3.51. The van der Waals surface area contributed by atoms with Gasteiger partial charge in [0.25, 0.3) is 0 Å². The van der Waals surface area contributed by atoms with E-state index in [1.54, 1.807) is 0 Å². The maximum Gasteiger partial charge on any atom is 0.219 e. The standard InChI is InChI=1S/C10H18BrNO/c1-2-10(13)12-9-5-3-8(7-11)4-6-9/h8-9H,2-7H2,1H3,(H,12,13). The molecule has 76 valence electrons. The zero-order valence-electron chi connectivity index (χ0n) is 8.18. The van der Waals surface area contributed by atoms with Gasteiger partial charge < -0.3 is 5.32 Å². The lowest BCUT2D eigenvalue weighted by molar-refractivity contribution is -0.121. The van der Waals surface area contributed by atoms with Gasteiger partial charge in [0, 0.05) is 17.8 Å². The van der Waals surface area contributed by atoms with Crippen LogP contribution in [-0.2, 0) is 4.79 Å². The molecule has 1 rings (SSSR count). The molecule has 1 fully saturated rings. The molecule has 0 unspecified atom stereocenters. The molecule has 1 amide bonds. The van der Waals surface area contributed by atoms with Crippen molar-refractivity contribution in [2.75, 3.05) is 5.33 Å². The van der Waals surface area contributed by atoms with E-state index < -0.39 is 0 Å². The second kappa shape index (κ2) is 5.63. The SMILES string of the molecule is CCC(=O)NC1CCC(CBr)CC1. The van der Waals surface area contributed by atoms with Gasteiger partial charge in [0.1, 0.15) is 0 Å². The van der Waals surface area contributed by atoms with Crippen molar-refractivity contribution in [2.45, 2.75) is 45.1 Å². The van der Waals surface area contributed by atoms with E-state index in [9.17, 15) is 4.79 Å². The van der Waals surface area contributed by atoms with Gasteiger partial charge >= 0.3 is 0 Å². The molecule has 3 heteroatoms. The fourth-order valence-electron chi connectivity index (χ4n) is 1.79. The van der Waals surface area contributed by atoms with Gasteiger partial charge in [0.05, 0.1) is 0 Å². The Labute approximate surface area is 88.6 Å². The van der Waals surface area contributed by atoms with Gasteiger partial charge in [-0.3, -0.25) is 4.79 Å². The molecule has 0 bridgehead atoms. The number of rotatable bonds is 3. The number of carbonyl (C=O) groups excluding carboxylic acids is 1. The van der Waals surface area contributed by atoms with Crippen LogP contribution in [0.2, 0.25) is 0 Å². The summed E-state index contributed by atoms with van der Waals surface area (Å²) in [5, 5.41) is 4.17.